The van der Waals surface area contributed by atoms with Crippen LogP contribution in [0.2, 0.25) is 0 Å². The van der Waals surface area contributed by atoms with E-state index in [0.29, 0.717) is 13.2 Å². The SMILES string of the molecule is CCOc1c(/C(C)=C/C(=O)NCc2ccc(C)cc2)cc2c3c(oc2c1C)CCCC3. The number of aryl methyl sites for hydroxylation is 4. The average Bonchev–Trinajstić information content (AvgIpc) is 3.14. The molecule has 1 N–H and O–H groups in total. The van der Waals surface area contributed by atoms with E-state index in [1.54, 1.807) is 6.08 Å². The molecular formula is C27H31NO3. The van der Waals surface area contributed by atoms with Crippen LogP contribution in [0.15, 0.2) is 40.8 Å². The summed E-state index contributed by atoms with van der Waals surface area (Å²) in [6.07, 6.45) is 6.09. The Kier molecular flexibility index (Phi) is 6.17. The third-order valence-electron chi connectivity index (χ3n) is 6.08. The second kappa shape index (κ2) is 9.01. The van der Waals surface area contributed by atoms with Crippen LogP contribution >= 0.6 is 0 Å². The lowest BCUT2D eigenvalue weighted by Crippen LogP contribution is -2.20. The van der Waals surface area contributed by atoms with Gasteiger partial charge in [-0.1, -0.05) is 29.8 Å². The first-order valence-corrected chi connectivity index (χ1v) is 11.2. The molecule has 0 radical (unpaired) electrons. The van der Waals surface area contributed by atoms with Crippen molar-refractivity contribution in [3.63, 3.8) is 0 Å². The van der Waals surface area contributed by atoms with Crippen molar-refractivity contribution < 1.29 is 13.9 Å². The Morgan fingerprint density at radius 1 is 1.16 bits per heavy atom. The van der Waals surface area contributed by atoms with Gasteiger partial charge in [-0.2, -0.15) is 0 Å². The maximum Gasteiger partial charge on any atom is 0.244 e. The normalized spacial score (nSPS) is 13.9. The van der Waals surface area contributed by atoms with Crippen molar-refractivity contribution in [1.82, 2.24) is 5.32 Å². The second-order valence-corrected chi connectivity index (χ2v) is 8.43. The number of ether oxygens (including phenoxy) is 1. The van der Waals surface area contributed by atoms with Gasteiger partial charge >= 0.3 is 0 Å². The van der Waals surface area contributed by atoms with Crippen LogP contribution in [-0.2, 0) is 24.2 Å². The molecule has 0 saturated carbocycles. The topological polar surface area (TPSA) is 51.5 Å². The highest BCUT2D eigenvalue weighted by Crippen LogP contribution is 2.41. The van der Waals surface area contributed by atoms with Crippen molar-refractivity contribution in [2.75, 3.05) is 6.61 Å². The fourth-order valence-electron chi connectivity index (χ4n) is 4.38. The number of furan rings is 1. The number of nitrogens with one attached hydrogen (secondary N) is 1. The lowest BCUT2D eigenvalue weighted by atomic mass is 9.93. The first kappa shape index (κ1) is 21.2. The fourth-order valence-corrected chi connectivity index (χ4v) is 4.38. The number of rotatable bonds is 6. The van der Waals surface area contributed by atoms with Gasteiger partial charge in [0.25, 0.3) is 0 Å². The molecular weight excluding hydrogens is 386 g/mol. The van der Waals surface area contributed by atoms with E-state index in [0.717, 1.165) is 52.2 Å². The first-order valence-electron chi connectivity index (χ1n) is 11.2. The first-order chi connectivity index (χ1) is 15.0. The summed E-state index contributed by atoms with van der Waals surface area (Å²) < 4.78 is 12.3. The summed E-state index contributed by atoms with van der Waals surface area (Å²) in [7, 11) is 0. The standard InChI is InChI=1S/C27H31NO3/c1-5-30-26-19(4)27-23(21-8-6-7-9-24(21)31-27)15-22(26)18(3)14-25(29)28-16-20-12-10-17(2)11-13-20/h10-15H,5-9,16H2,1-4H3,(H,28,29)/b18-14+. The van der Waals surface area contributed by atoms with Gasteiger partial charge in [0.05, 0.1) is 6.61 Å². The van der Waals surface area contributed by atoms with E-state index < -0.39 is 0 Å². The summed E-state index contributed by atoms with van der Waals surface area (Å²) in [5.41, 5.74) is 7.41. The highest BCUT2D eigenvalue weighted by molar-refractivity contribution is 5.98. The van der Waals surface area contributed by atoms with Crippen LogP contribution in [0, 0.1) is 13.8 Å². The number of hydrogen-bond acceptors (Lipinski definition) is 3. The van der Waals surface area contributed by atoms with Gasteiger partial charge in [0, 0.05) is 41.1 Å². The van der Waals surface area contributed by atoms with Crippen LogP contribution in [0.1, 0.15) is 60.3 Å². The zero-order valence-corrected chi connectivity index (χ0v) is 18.9. The van der Waals surface area contributed by atoms with Gasteiger partial charge in [-0.3, -0.25) is 4.79 Å². The third-order valence-corrected chi connectivity index (χ3v) is 6.08. The van der Waals surface area contributed by atoms with Crippen LogP contribution in [0.4, 0.5) is 0 Å². The van der Waals surface area contributed by atoms with E-state index in [1.165, 1.54) is 29.4 Å². The number of fused-ring (bicyclic) bond motifs is 3. The molecule has 0 unspecified atom stereocenters. The van der Waals surface area contributed by atoms with E-state index in [-0.39, 0.29) is 5.91 Å². The molecule has 1 aliphatic carbocycles. The zero-order chi connectivity index (χ0) is 22.0. The van der Waals surface area contributed by atoms with Gasteiger partial charge in [-0.05, 0) is 64.2 Å². The number of allylic oxidation sites excluding steroid dienone is 1. The average molecular weight is 418 g/mol. The Morgan fingerprint density at radius 3 is 2.65 bits per heavy atom. The van der Waals surface area contributed by atoms with Crippen molar-refractivity contribution in [3.05, 3.63) is 70.0 Å². The van der Waals surface area contributed by atoms with E-state index >= 15 is 0 Å². The largest absolute Gasteiger partial charge is 0.493 e. The summed E-state index contributed by atoms with van der Waals surface area (Å²) in [5.74, 6) is 1.81. The summed E-state index contributed by atoms with van der Waals surface area (Å²) in [4.78, 5) is 12.6. The van der Waals surface area contributed by atoms with Crippen molar-refractivity contribution in [3.8, 4) is 5.75 Å². The Morgan fingerprint density at radius 2 is 1.90 bits per heavy atom. The number of carbonyl (C=O) groups is 1. The molecule has 1 heterocycles. The molecule has 1 amide bonds. The summed E-state index contributed by atoms with van der Waals surface area (Å²) >= 11 is 0. The maximum absolute atomic E-state index is 12.6. The third kappa shape index (κ3) is 4.39. The number of amides is 1. The van der Waals surface area contributed by atoms with Crippen molar-refractivity contribution in [2.24, 2.45) is 0 Å². The molecule has 1 aromatic heterocycles. The zero-order valence-electron chi connectivity index (χ0n) is 18.9. The molecule has 0 bridgehead atoms. The molecule has 0 spiro atoms. The van der Waals surface area contributed by atoms with Gasteiger partial charge in [-0.25, -0.2) is 0 Å². The molecule has 0 saturated heterocycles. The summed E-state index contributed by atoms with van der Waals surface area (Å²) in [5, 5.41) is 4.16. The van der Waals surface area contributed by atoms with Crippen LogP contribution < -0.4 is 10.1 Å². The highest BCUT2D eigenvalue weighted by Gasteiger charge is 2.23. The highest BCUT2D eigenvalue weighted by atomic mass is 16.5. The van der Waals surface area contributed by atoms with Gasteiger partial charge in [0.1, 0.15) is 17.1 Å². The number of benzene rings is 2. The monoisotopic (exact) mass is 417 g/mol. The second-order valence-electron chi connectivity index (χ2n) is 8.43. The van der Waals surface area contributed by atoms with Crippen LogP contribution in [-0.4, -0.2) is 12.5 Å². The Labute approximate surface area is 184 Å². The minimum absolute atomic E-state index is 0.104. The Hall–Kier alpha value is -3.01. The molecule has 4 rings (SSSR count). The van der Waals surface area contributed by atoms with Crippen LogP contribution in [0.5, 0.6) is 5.75 Å². The summed E-state index contributed by atoms with van der Waals surface area (Å²) in [6, 6.07) is 10.3. The van der Waals surface area contributed by atoms with Crippen molar-refractivity contribution in [1.29, 1.82) is 0 Å². The predicted molar refractivity (Wildman–Crippen MR) is 125 cm³/mol. The van der Waals surface area contributed by atoms with Gasteiger partial charge in [0.2, 0.25) is 5.91 Å². The molecule has 31 heavy (non-hydrogen) atoms. The van der Waals surface area contributed by atoms with Crippen molar-refractivity contribution in [2.45, 2.75) is 59.9 Å². The quantitative estimate of drug-likeness (QED) is 0.497. The maximum atomic E-state index is 12.6. The fraction of sp³-hybridized carbons (Fsp3) is 0.370. The van der Waals surface area contributed by atoms with Crippen LogP contribution in [0.3, 0.4) is 0 Å². The van der Waals surface area contributed by atoms with E-state index in [2.05, 4.69) is 37.4 Å². The van der Waals surface area contributed by atoms with Gasteiger partial charge in [0.15, 0.2) is 0 Å². The number of carbonyl (C=O) groups excluding carboxylic acids is 1. The van der Waals surface area contributed by atoms with E-state index in [9.17, 15) is 4.79 Å². The molecule has 162 valence electrons. The molecule has 4 nitrogen and oxygen atoms in total. The van der Waals surface area contributed by atoms with Crippen molar-refractivity contribution >= 4 is 22.4 Å². The summed E-state index contributed by atoms with van der Waals surface area (Å²) in [6.45, 7) is 9.13. The molecule has 4 heteroatoms. The van der Waals surface area contributed by atoms with E-state index in [1.807, 2.05) is 26.0 Å². The smallest absolute Gasteiger partial charge is 0.244 e. The number of hydrogen-bond donors (Lipinski definition) is 1. The Balaban J connectivity index is 1.65. The minimum atomic E-state index is -0.104. The Bertz CT molecular complexity index is 1140. The molecule has 3 aromatic rings. The molecule has 1 aliphatic rings. The predicted octanol–water partition coefficient (Wildman–Crippen LogP) is 6.05. The lowest BCUT2D eigenvalue weighted by molar-refractivity contribution is -0.116. The molecule has 2 aromatic carbocycles. The minimum Gasteiger partial charge on any atom is -0.493 e. The lowest BCUT2D eigenvalue weighted by Gasteiger charge is -2.15. The van der Waals surface area contributed by atoms with E-state index in [4.69, 9.17) is 9.15 Å². The van der Waals surface area contributed by atoms with Gasteiger partial charge in [-0.15, -0.1) is 0 Å². The van der Waals surface area contributed by atoms with Gasteiger partial charge < -0.3 is 14.5 Å². The molecule has 0 fully saturated rings. The molecule has 0 atom stereocenters. The van der Waals surface area contributed by atoms with Crippen LogP contribution in [0.25, 0.3) is 16.5 Å². The molecule has 0 aliphatic heterocycles.